The Morgan fingerprint density at radius 2 is 2.06 bits per heavy atom. The molecule has 2 rings (SSSR count). The number of hydrogen-bond acceptors (Lipinski definition) is 5. The molecule has 5 nitrogen and oxygen atoms in total. The molecule has 0 aliphatic heterocycles. The largest absolute Gasteiger partial charge is 0.262 e. The number of aromatic amines is 1. The van der Waals surface area contributed by atoms with Crippen LogP contribution >= 0.6 is 11.8 Å². The Kier molecular flexibility index (Phi) is 3.65. The van der Waals surface area contributed by atoms with Crippen molar-refractivity contribution < 1.29 is 0 Å². The first kappa shape index (κ1) is 13.0. The normalized spacial score (nSPS) is 11.8. The van der Waals surface area contributed by atoms with Gasteiger partial charge in [-0.15, -0.1) is 5.10 Å². The zero-order chi connectivity index (χ0) is 13.2. The summed E-state index contributed by atoms with van der Waals surface area (Å²) in [4.78, 5) is 13.2. The minimum absolute atomic E-state index is 0.0514. The number of nitrogens with one attached hydrogen (secondary N) is 1. The Labute approximate surface area is 111 Å². The van der Waals surface area contributed by atoms with Gasteiger partial charge >= 0.3 is 0 Å². The molecule has 0 atom stereocenters. The van der Waals surface area contributed by atoms with Crippen LogP contribution in [0.25, 0.3) is 0 Å². The van der Waals surface area contributed by atoms with E-state index in [0.29, 0.717) is 5.16 Å². The number of hydrogen-bond donors (Lipinski definition) is 1. The standard InChI is InChI=1S/C12H17N5S/c1-5-8-14-11(17-16-8)18-9-6-7-13-10(15-9)12(2,3)4/h6-7H,5H2,1-4H3,(H,14,16,17). The Bertz CT molecular complexity index is 529. The van der Waals surface area contributed by atoms with Crippen LogP contribution in [-0.2, 0) is 11.8 Å². The molecule has 2 aromatic heterocycles. The van der Waals surface area contributed by atoms with E-state index in [1.807, 2.05) is 13.0 Å². The lowest BCUT2D eigenvalue weighted by Gasteiger charge is -2.16. The summed E-state index contributed by atoms with van der Waals surface area (Å²) in [5.41, 5.74) is -0.0514. The average molecular weight is 263 g/mol. The fourth-order valence-electron chi connectivity index (χ4n) is 1.34. The molecule has 0 radical (unpaired) electrons. The van der Waals surface area contributed by atoms with Gasteiger partial charge < -0.3 is 0 Å². The van der Waals surface area contributed by atoms with Crippen molar-refractivity contribution in [2.24, 2.45) is 0 Å². The lowest BCUT2D eigenvalue weighted by atomic mass is 9.96. The summed E-state index contributed by atoms with van der Waals surface area (Å²) in [5.74, 6) is 1.72. The topological polar surface area (TPSA) is 67.3 Å². The number of aryl methyl sites for hydroxylation is 1. The second kappa shape index (κ2) is 5.06. The second-order valence-corrected chi connectivity index (χ2v) is 5.98. The van der Waals surface area contributed by atoms with Gasteiger partial charge in [-0.25, -0.2) is 15.0 Å². The first-order chi connectivity index (χ1) is 8.49. The van der Waals surface area contributed by atoms with Crippen LogP contribution in [0.3, 0.4) is 0 Å². The van der Waals surface area contributed by atoms with Crippen LogP contribution in [0.2, 0.25) is 0 Å². The van der Waals surface area contributed by atoms with Gasteiger partial charge in [0.25, 0.3) is 0 Å². The van der Waals surface area contributed by atoms with Gasteiger partial charge in [0.05, 0.1) is 0 Å². The van der Waals surface area contributed by atoms with Gasteiger partial charge in [0.15, 0.2) is 0 Å². The summed E-state index contributed by atoms with van der Waals surface area (Å²) in [7, 11) is 0. The van der Waals surface area contributed by atoms with Crippen molar-refractivity contribution in [3.05, 3.63) is 23.9 Å². The van der Waals surface area contributed by atoms with E-state index in [-0.39, 0.29) is 5.41 Å². The van der Waals surface area contributed by atoms with Gasteiger partial charge in [-0.3, -0.25) is 5.10 Å². The van der Waals surface area contributed by atoms with E-state index in [4.69, 9.17) is 0 Å². The SMILES string of the molecule is CCc1nc(Sc2ccnc(C(C)(C)C)n2)n[nH]1. The molecule has 2 heterocycles. The third kappa shape index (κ3) is 3.07. The minimum Gasteiger partial charge on any atom is -0.262 e. The Hall–Kier alpha value is -1.43. The second-order valence-electron chi connectivity index (χ2n) is 4.99. The van der Waals surface area contributed by atoms with Crippen molar-refractivity contribution in [3.63, 3.8) is 0 Å². The Morgan fingerprint density at radius 3 is 2.67 bits per heavy atom. The van der Waals surface area contributed by atoms with E-state index in [0.717, 1.165) is 23.1 Å². The zero-order valence-electron chi connectivity index (χ0n) is 11.1. The van der Waals surface area contributed by atoms with E-state index in [1.165, 1.54) is 11.8 Å². The van der Waals surface area contributed by atoms with Gasteiger partial charge in [-0.05, 0) is 17.8 Å². The number of nitrogens with zero attached hydrogens (tertiary/aromatic N) is 4. The van der Waals surface area contributed by atoms with Crippen molar-refractivity contribution in [1.82, 2.24) is 25.1 Å². The van der Waals surface area contributed by atoms with Crippen molar-refractivity contribution in [2.75, 3.05) is 0 Å². The fourth-order valence-corrected chi connectivity index (χ4v) is 2.03. The molecule has 0 aliphatic rings. The highest BCUT2D eigenvalue weighted by Gasteiger charge is 2.18. The van der Waals surface area contributed by atoms with E-state index in [2.05, 4.69) is 45.9 Å². The molecule has 18 heavy (non-hydrogen) atoms. The van der Waals surface area contributed by atoms with Crippen LogP contribution in [-0.4, -0.2) is 25.1 Å². The van der Waals surface area contributed by atoms with Crippen LogP contribution in [0.5, 0.6) is 0 Å². The third-order valence-corrected chi connectivity index (χ3v) is 3.14. The molecule has 0 aromatic carbocycles. The van der Waals surface area contributed by atoms with Crippen LogP contribution in [0, 0.1) is 0 Å². The smallest absolute Gasteiger partial charge is 0.214 e. The van der Waals surface area contributed by atoms with Gasteiger partial charge in [-0.2, -0.15) is 0 Å². The van der Waals surface area contributed by atoms with Crippen molar-refractivity contribution in [1.29, 1.82) is 0 Å². The van der Waals surface area contributed by atoms with E-state index in [1.54, 1.807) is 6.20 Å². The quantitative estimate of drug-likeness (QED) is 0.862. The van der Waals surface area contributed by atoms with E-state index < -0.39 is 0 Å². The molecular weight excluding hydrogens is 246 g/mol. The van der Waals surface area contributed by atoms with Crippen molar-refractivity contribution >= 4 is 11.8 Å². The summed E-state index contributed by atoms with van der Waals surface area (Å²) in [6.45, 7) is 8.33. The Morgan fingerprint density at radius 1 is 1.28 bits per heavy atom. The molecule has 96 valence electrons. The molecule has 0 bridgehead atoms. The van der Waals surface area contributed by atoms with Crippen LogP contribution in [0.4, 0.5) is 0 Å². The predicted octanol–water partition coefficient (Wildman–Crippen LogP) is 2.61. The molecule has 2 aromatic rings. The predicted molar refractivity (Wildman–Crippen MR) is 70.6 cm³/mol. The first-order valence-corrected chi connectivity index (χ1v) is 6.73. The Balaban J connectivity index is 2.19. The van der Waals surface area contributed by atoms with Crippen LogP contribution in [0.15, 0.2) is 22.4 Å². The highest BCUT2D eigenvalue weighted by Crippen LogP contribution is 2.25. The molecule has 6 heteroatoms. The summed E-state index contributed by atoms with van der Waals surface area (Å²) < 4.78 is 0. The van der Waals surface area contributed by atoms with Gasteiger partial charge in [0.2, 0.25) is 5.16 Å². The monoisotopic (exact) mass is 263 g/mol. The van der Waals surface area contributed by atoms with E-state index >= 15 is 0 Å². The third-order valence-electron chi connectivity index (χ3n) is 2.34. The molecule has 0 amide bonds. The summed E-state index contributed by atoms with van der Waals surface area (Å²) in [5, 5.41) is 8.61. The number of rotatable bonds is 3. The molecular formula is C12H17N5S. The zero-order valence-corrected chi connectivity index (χ0v) is 11.9. The lowest BCUT2D eigenvalue weighted by molar-refractivity contribution is 0.538. The average Bonchev–Trinajstić information content (AvgIpc) is 2.76. The molecule has 0 fully saturated rings. The van der Waals surface area contributed by atoms with Gasteiger partial charge in [-0.1, -0.05) is 27.7 Å². The number of H-pyrrole nitrogens is 1. The van der Waals surface area contributed by atoms with Gasteiger partial charge in [0, 0.05) is 18.0 Å². The summed E-state index contributed by atoms with van der Waals surface area (Å²) in [6.07, 6.45) is 2.63. The summed E-state index contributed by atoms with van der Waals surface area (Å²) >= 11 is 1.45. The molecule has 0 spiro atoms. The maximum atomic E-state index is 4.53. The fraction of sp³-hybridized carbons (Fsp3) is 0.500. The molecule has 0 saturated heterocycles. The van der Waals surface area contributed by atoms with Crippen LogP contribution in [0.1, 0.15) is 39.3 Å². The summed E-state index contributed by atoms with van der Waals surface area (Å²) in [6, 6.07) is 1.88. The highest BCUT2D eigenvalue weighted by atomic mass is 32.2. The molecule has 0 saturated carbocycles. The lowest BCUT2D eigenvalue weighted by Crippen LogP contribution is -2.15. The van der Waals surface area contributed by atoms with Crippen molar-refractivity contribution in [3.8, 4) is 0 Å². The maximum Gasteiger partial charge on any atom is 0.214 e. The van der Waals surface area contributed by atoms with E-state index in [9.17, 15) is 0 Å². The molecule has 0 aliphatic carbocycles. The first-order valence-electron chi connectivity index (χ1n) is 5.91. The highest BCUT2D eigenvalue weighted by molar-refractivity contribution is 7.99. The minimum atomic E-state index is -0.0514. The van der Waals surface area contributed by atoms with Crippen LogP contribution < -0.4 is 0 Å². The maximum absolute atomic E-state index is 4.53. The van der Waals surface area contributed by atoms with Crippen molar-refractivity contribution in [2.45, 2.75) is 49.7 Å². The van der Waals surface area contributed by atoms with Gasteiger partial charge in [0.1, 0.15) is 16.7 Å². The molecule has 1 N–H and O–H groups in total. The molecule has 0 unspecified atom stereocenters. The number of aromatic nitrogens is 5.